The normalized spacial score (nSPS) is 18.4. The molecule has 9 nitrogen and oxygen atoms in total. The van der Waals surface area contributed by atoms with E-state index in [1.807, 2.05) is 0 Å². The zero-order valence-electron chi connectivity index (χ0n) is 17.8. The number of unbranched alkanes of at least 4 members (excludes halogenated alkanes) is 8. The zero-order chi connectivity index (χ0) is 21.5. The molecule has 0 amide bonds. The molecule has 0 saturated heterocycles. The molecule has 1 rings (SSSR count). The van der Waals surface area contributed by atoms with Gasteiger partial charge in [0, 0.05) is 6.42 Å². The summed E-state index contributed by atoms with van der Waals surface area (Å²) in [6.07, 6.45) is 12.3. The van der Waals surface area contributed by atoms with Gasteiger partial charge in [0.15, 0.2) is 5.84 Å². The number of quaternary nitrogens is 1. The zero-order valence-corrected chi connectivity index (χ0v) is 20.7. The first-order valence-electron chi connectivity index (χ1n) is 10.0. The second-order valence-corrected chi connectivity index (χ2v) is 8.01. The Kier molecular flexibility index (Phi) is 18.9. The number of amidine groups is 1. The van der Waals surface area contributed by atoms with E-state index in [4.69, 9.17) is 17.5 Å². The van der Waals surface area contributed by atoms with Crippen molar-refractivity contribution in [3.8, 4) is 0 Å². The van der Waals surface area contributed by atoms with Crippen LogP contribution in [0, 0.1) is 0 Å². The van der Waals surface area contributed by atoms with Crippen LogP contribution in [-0.4, -0.2) is 71.7 Å². The van der Waals surface area contributed by atoms with Crippen molar-refractivity contribution < 1.29 is 66.6 Å². The standard InChI is InChI=1S/C18H34N2O3.Na.H2O4S/c1-2-3-4-5-6-7-8-9-10-11-17-19-12-13-20(17,14-15-21)16-18(22)23;;1-5(2,3)4/h21H,2-16H2,1H3;;(H2,1,2,3,4)/q;+1;/p-1. The summed E-state index contributed by atoms with van der Waals surface area (Å²) >= 11 is 0. The van der Waals surface area contributed by atoms with E-state index in [2.05, 4.69) is 11.9 Å². The van der Waals surface area contributed by atoms with E-state index in [0.717, 1.165) is 18.7 Å². The number of carboxylic acid groups (broad SMARTS) is 1. The van der Waals surface area contributed by atoms with Crippen LogP contribution in [0.15, 0.2) is 4.99 Å². The molecule has 0 aromatic carbocycles. The molecule has 0 aromatic heterocycles. The molecule has 2 N–H and O–H groups in total. The number of carboxylic acids is 1. The molecule has 1 aliphatic rings. The van der Waals surface area contributed by atoms with Gasteiger partial charge in [-0.25, -0.2) is 13.4 Å². The Morgan fingerprint density at radius 2 is 1.59 bits per heavy atom. The number of nitrogens with zero attached hydrogens (tertiary/aromatic N) is 2. The molecule has 0 saturated carbocycles. The van der Waals surface area contributed by atoms with Crippen LogP contribution in [0.3, 0.4) is 0 Å². The van der Waals surface area contributed by atoms with Gasteiger partial charge >= 0.3 is 29.6 Å². The van der Waals surface area contributed by atoms with Crippen molar-refractivity contribution in [3.63, 3.8) is 0 Å². The largest absolute Gasteiger partial charge is 1.00 e. The maximum absolute atomic E-state index is 11.0. The van der Waals surface area contributed by atoms with Crippen LogP contribution in [0.5, 0.6) is 0 Å². The van der Waals surface area contributed by atoms with Gasteiger partial charge in [-0.05, 0) is 6.42 Å². The van der Waals surface area contributed by atoms with Gasteiger partial charge in [-0.3, -0.25) is 9.04 Å². The van der Waals surface area contributed by atoms with Crippen LogP contribution in [-0.2, 0) is 15.2 Å². The van der Waals surface area contributed by atoms with E-state index < -0.39 is 16.4 Å². The number of hydrogen-bond donors (Lipinski definition) is 2. The van der Waals surface area contributed by atoms with Crippen molar-refractivity contribution in [3.05, 3.63) is 0 Å². The maximum Gasteiger partial charge on any atom is 1.00 e. The van der Waals surface area contributed by atoms with E-state index in [-0.39, 0.29) is 42.7 Å². The number of carbonyl (C=O) groups excluding carboxylic acids is 1. The monoisotopic (exact) mass is 446 g/mol. The number of rotatable bonds is 14. The minimum absolute atomic E-state index is 0. The van der Waals surface area contributed by atoms with Gasteiger partial charge in [-0.1, -0.05) is 58.3 Å². The Balaban J connectivity index is 0. The summed E-state index contributed by atoms with van der Waals surface area (Å²) in [4.78, 5) is 15.6. The molecule has 1 heterocycles. The SMILES string of the molecule is CCCCCCCCCCCC1=NCC[N+]1(CCO)CC(=O)[O-].O=S(=O)([O-])O.[Na+]. The first-order chi connectivity index (χ1) is 13.1. The first-order valence-corrected chi connectivity index (χ1v) is 11.4. The third kappa shape index (κ3) is 17.3. The number of hydrogen-bond acceptors (Lipinski definition) is 7. The van der Waals surface area contributed by atoms with Crippen LogP contribution in [0.2, 0.25) is 0 Å². The number of carbonyl (C=O) groups is 1. The molecule has 29 heavy (non-hydrogen) atoms. The minimum atomic E-state index is -4.92. The molecule has 0 spiro atoms. The first kappa shape index (κ1) is 31.1. The van der Waals surface area contributed by atoms with Gasteiger partial charge < -0.3 is 19.6 Å². The average molecular weight is 447 g/mol. The Bertz CT molecular complexity index is 565. The molecule has 11 heteroatoms. The molecule has 1 unspecified atom stereocenters. The summed E-state index contributed by atoms with van der Waals surface area (Å²) in [5.41, 5.74) is 0. The van der Waals surface area contributed by atoms with Gasteiger partial charge in [0.25, 0.3) is 0 Å². The Morgan fingerprint density at radius 3 is 2.03 bits per heavy atom. The predicted octanol–water partition coefficient (Wildman–Crippen LogP) is -2.11. The van der Waals surface area contributed by atoms with Gasteiger partial charge in [0.2, 0.25) is 10.4 Å². The van der Waals surface area contributed by atoms with E-state index >= 15 is 0 Å². The molecule has 1 aliphatic heterocycles. The van der Waals surface area contributed by atoms with E-state index in [1.54, 1.807) is 0 Å². The molecule has 0 aliphatic carbocycles. The molecule has 0 aromatic rings. The fourth-order valence-corrected chi connectivity index (χ4v) is 3.49. The summed E-state index contributed by atoms with van der Waals surface area (Å²) in [5, 5.41) is 20.3. The fourth-order valence-electron chi connectivity index (χ4n) is 3.49. The van der Waals surface area contributed by atoms with Crippen molar-refractivity contribution in [2.45, 2.75) is 71.1 Å². The average Bonchev–Trinajstić information content (AvgIpc) is 2.93. The van der Waals surface area contributed by atoms with Crippen LogP contribution < -0.4 is 34.7 Å². The Hall–Kier alpha value is -0.0700. The van der Waals surface area contributed by atoms with Crippen molar-refractivity contribution >= 4 is 22.2 Å². The molecule has 0 fully saturated rings. The van der Waals surface area contributed by atoms with Crippen molar-refractivity contribution in [2.24, 2.45) is 4.99 Å². The van der Waals surface area contributed by atoms with Crippen molar-refractivity contribution in [1.82, 2.24) is 0 Å². The second kappa shape index (κ2) is 17.6. The van der Waals surface area contributed by atoms with Crippen LogP contribution in [0.4, 0.5) is 0 Å². The Morgan fingerprint density at radius 1 is 1.10 bits per heavy atom. The van der Waals surface area contributed by atoms with Gasteiger partial charge in [0.1, 0.15) is 19.6 Å². The Labute approximate surface area is 197 Å². The third-order valence-electron chi connectivity index (χ3n) is 4.83. The van der Waals surface area contributed by atoms with Crippen LogP contribution in [0.25, 0.3) is 0 Å². The van der Waals surface area contributed by atoms with Crippen LogP contribution >= 0.6 is 0 Å². The molecule has 1 atom stereocenters. The number of aliphatic hydroxyl groups excluding tert-OH is 1. The molecular formula is C18H35N2NaO7S. The summed E-state index contributed by atoms with van der Waals surface area (Å²) in [6, 6.07) is 0. The number of aliphatic hydroxyl groups is 1. The molecule has 0 bridgehead atoms. The quantitative estimate of drug-likeness (QED) is 0.102. The maximum atomic E-state index is 11.0. The van der Waals surface area contributed by atoms with Gasteiger partial charge in [0.05, 0.1) is 19.1 Å². The number of aliphatic imine (C=N–C) groups is 1. The summed E-state index contributed by atoms with van der Waals surface area (Å²) < 4.78 is 33.1. The smallest absolute Gasteiger partial charge is 0.726 e. The van der Waals surface area contributed by atoms with Gasteiger partial charge in [-0.15, -0.1) is 0 Å². The molecule has 0 radical (unpaired) electrons. The summed E-state index contributed by atoms with van der Waals surface area (Å²) in [6.45, 7) is 3.95. The van der Waals surface area contributed by atoms with Gasteiger partial charge in [-0.2, -0.15) is 0 Å². The predicted molar refractivity (Wildman–Crippen MR) is 103 cm³/mol. The second-order valence-electron chi connectivity index (χ2n) is 7.15. The molecule has 166 valence electrons. The van der Waals surface area contributed by atoms with Crippen LogP contribution in [0.1, 0.15) is 71.1 Å². The fraction of sp³-hybridized carbons (Fsp3) is 0.889. The third-order valence-corrected chi connectivity index (χ3v) is 4.83. The van der Waals surface area contributed by atoms with E-state index in [0.29, 0.717) is 24.1 Å². The minimum Gasteiger partial charge on any atom is -0.726 e. The van der Waals surface area contributed by atoms with E-state index in [1.165, 1.54) is 51.4 Å². The summed E-state index contributed by atoms with van der Waals surface area (Å²) in [7, 11) is -4.92. The summed E-state index contributed by atoms with van der Waals surface area (Å²) in [5.74, 6) is -0.105. The van der Waals surface area contributed by atoms with Crippen molar-refractivity contribution in [2.75, 3.05) is 32.8 Å². The molecular weight excluding hydrogens is 411 g/mol. The van der Waals surface area contributed by atoms with Crippen molar-refractivity contribution in [1.29, 1.82) is 0 Å². The number of aliphatic carboxylic acids is 1. The van der Waals surface area contributed by atoms with E-state index in [9.17, 15) is 15.0 Å². The topological polar surface area (TPSA) is 150 Å².